The molecule has 0 aliphatic carbocycles. The van der Waals surface area contributed by atoms with Crippen LogP contribution in [0.4, 0.5) is 10.5 Å². The van der Waals surface area contributed by atoms with Gasteiger partial charge < -0.3 is 9.84 Å². The van der Waals surface area contributed by atoms with Crippen molar-refractivity contribution < 1.29 is 14.6 Å². The minimum atomic E-state index is -0.534. The van der Waals surface area contributed by atoms with Gasteiger partial charge in [0.15, 0.2) is 0 Å². The number of rotatable bonds is 1. The van der Waals surface area contributed by atoms with E-state index < -0.39 is 11.7 Å². The molecule has 4 nitrogen and oxygen atoms in total. The number of amides is 1. The lowest BCUT2D eigenvalue weighted by atomic mass is 10.2. The zero-order valence-electron chi connectivity index (χ0n) is 11.1. The summed E-state index contributed by atoms with van der Waals surface area (Å²) in [4.78, 5) is 11.3. The average molecular weight is 239 g/mol. The lowest BCUT2D eigenvalue weighted by Gasteiger charge is -2.19. The first-order valence-corrected chi connectivity index (χ1v) is 5.66. The zero-order valence-corrected chi connectivity index (χ0v) is 11.1. The smallest absolute Gasteiger partial charge is 0.412 e. The summed E-state index contributed by atoms with van der Waals surface area (Å²) in [6.45, 7) is 9.36. The van der Waals surface area contributed by atoms with Crippen LogP contribution in [0, 0.1) is 0 Å². The number of carbonyl (C=O) groups excluding carboxylic acids is 1. The predicted molar refractivity (Wildman–Crippen MR) is 69.3 cm³/mol. The molecule has 0 aliphatic rings. The summed E-state index contributed by atoms with van der Waals surface area (Å²) in [7, 11) is 0. The monoisotopic (exact) mass is 239 g/mol. The molecule has 17 heavy (non-hydrogen) atoms. The maximum atomic E-state index is 11.3. The van der Waals surface area contributed by atoms with Gasteiger partial charge in [-0.25, -0.2) is 4.79 Å². The molecule has 1 amide bonds. The van der Waals surface area contributed by atoms with Gasteiger partial charge >= 0.3 is 6.09 Å². The molecule has 2 N–H and O–H groups in total. The van der Waals surface area contributed by atoms with Crippen LogP contribution in [0.2, 0.25) is 0 Å². The molecule has 1 aromatic rings. The summed E-state index contributed by atoms with van der Waals surface area (Å²) < 4.78 is 5.05. The number of phenols is 1. The van der Waals surface area contributed by atoms with Crippen LogP contribution in [0.5, 0.6) is 5.75 Å². The van der Waals surface area contributed by atoms with Gasteiger partial charge in [-0.2, -0.15) is 0 Å². The molecule has 0 radical (unpaired) electrons. The van der Waals surface area contributed by atoms with Gasteiger partial charge in [0.1, 0.15) is 11.4 Å². The van der Waals surface area contributed by atoms with Crippen molar-refractivity contribution in [2.24, 2.45) is 0 Å². The molecule has 0 spiro atoms. The fraction of sp³-hybridized carbons (Fsp3) is 0.462. The van der Waals surface area contributed by atoms with E-state index in [2.05, 4.69) is 5.32 Å². The Hall–Kier alpha value is -1.71. The summed E-state index contributed by atoms with van der Waals surface area (Å²) in [6, 6.07) is 6.29. The first kappa shape index (κ1) is 15.3. The molecule has 0 bridgehead atoms. The molecule has 1 rings (SSSR count). The van der Waals surface area contributed by atoms with E-state index in [0.717, 1.165) is 0 Å². The highest BCUT2D eigenvalue weighted by Crippen LogP contribution is 2.16. The number of ether oxygens (including phenoxy) is 1. The summed E-state index contributed by atoms with van der Waals surface area (Å²) in [5, 5.41) is 11.7. The maximum Gasteiger partial charge on any atom is 0.412 e. The largest absolute Gasteiger partial charge is 0.508 e. The first-order chi connectivity index (χ1) is 7.87. The van der Waals surface area contributed by atoms with Crippen LogP contribution in [-0.2, 0) is 4.74 Å². The van der Waals surface area contributed by atoms with Crippen LogP contribution in [-0.4, -0.2) is 16.8 Å². The molecule has 0 saturated heterocycles. The third kappa shape index (κ3) is 7.22. The Morgan fingerprint density at radius 1 is 1.29 bits per heavy atom. The Morgan fingerprint density at radius 3 is 2.35 bits per heavy atom. The van der Waals surface area contributed by atoms with Crippen LogP contribution in [0.15, 0.2) is 24.3 Å². The van der Waals surface area contributed by atoms with E-state index in [1.54, 1.807) is 32.9 Å². The van der Waals surface area contributed by atoms with Crippen LogP contribution in [0.3, 0.4) is 0 Å². The number of benzene rings is 1. The molecule has 0 fully saturated rings. The van der Waals surface area contributed by atoms with Crippen molar-refractivity contribution in [3.8, 4) is 5.75 Å². The second-order valence-corrected chi connectivity index (χ2v) is 4.18. The maximum absolute atomic E-state index is 11.3. The summed E-state index contributed by atoms with van der Waals surface area (Å²) >= 11 is 0. The van der Waals surface area contributed by atoms with Crippen molar-refractivity contribution in [3.63, 3.8) is 0 Å². The van der Waals surface area contributed by atoms with Gasteiger partial charge in [0.25, 0.3) is 0 Å². The predicted octanol–water partition coefficient (Wildman–Crippen LogP) is 3.77. The van der Waals surface area contributed by atoms with Crippen molar-refractivity contribution in [2.45, 2.75) is 40.2 Å². The van der Waals surface area contributed by atoms with Gasteiger partial charge in [-0.1, -0.05) is 19.9 Å². The van der Waals surface area contributed by atoms with E-state index in [4.69, 9.17) is 9.84 Å². The number of phenolic OH excluding ortho intramolecular Hbond substituents is 1. The van der Waals surface area contributed by atoms with Gasteiger partial charge in [0.05, 0.1) is 0 Å². The normalized spacial score (nSPS) is 9.94. The summed E-state index contributed by atoms with van der Waals surface area (Å²) in [5.74, 6) is 0.101. The fourth-order valence-corrected chi connectivity index (χ4v) is 1.01. The molecule has 4 heteroatoms. The molecule has 1 aromatic carbocycles. The van der Waals surface area contributed by atoms with E-state index in [1.165, 1.54) is 12.1 Å². The third-order valence-electron chi connectivity index (χ3n) is 1.49. The fourth-order valence-electron chi connectivity index (χ4n) is 1.01. The van der Waals surface area contributed by atoms with Gasteiger partial charge in [0, 0.05) is 11.8 Å². The molecular formula is C13H21NO3. The van der Waals surface area contributed by atoms with E-state index in [9.17, 15) is 4.79 Å². The summed E-state index contributed by atoms with van der Waals surface area (Å²) in [5.41, 5.74) is -0.0229. The minimum Gasteiger partial charge on any atom is -0.508 e. The van der Waals surface area contributed by atoms with Crippen molar-refractivity contribution in [1.82, 2.24) is 0 Å². The topological polar surface area (TPSA) is 58.6 Å². The van der Waals surface area contributed by atoms with Crippen LogP contribution in [0.1, 0.15) is 34.6 Å². The molecule has 96 valence electrons. The molecule has 0 unspecified atom stereocenters. The zero-order chi connectivity index (χ0) is 13.5. The van der Waals surface area contributed by atoms with E-state index in [0.29, 0.717) is 5.69 Å². The number of aromatic hydroxyl groups is 1. The SMILES string of the molecule is CC.CC(C)(C)OC(=O)Nc1cccc(O)c1. The van der Waals surface area contributed by atoms with Gasteiger partial charge in [-0.15, -0.1) is 0 Å². The van der Waals surface area contributed by atoms with Crippen molar-refractivity contribution in [1.29, 1.82) is 0 Å². The molecule has 0 heterocycles. The number of anilines is 1. The number of nitrogens with one attached hydrogen (secondary N) is 1. The quantitative estimate of drug-likeness (QED) is 0.784. The van der Waals surface area contributed by atoms with Gasteiger partial charge in [0.2, 0.25) is 0 Å². The Bertz CT molecular complexity index is 356. The molecule has 0 saturated carbocycles. The van der Waals surface area contributed by atoms with Crippen LogP contribution >= 0.6 is 0 Å². The second kappa shape index (κ2) is 6.78. The Morgan fingerprint density at radius 2 is 1.88 bits per heavy atom. The Balaban J connectivity index is 0.00000121. The lowest BCUT2D eigenvalue weighted by molar-refractivity contribution is 0.0636. The van der Waals surface area contributed by atoms with E-state index in [1.807, 2.05) is 13.8 Å². The Kier molecular flexibility index (Phi) is 6.10. The highest BCUT2D eigenvalue weighted by atomic mass is 16.6. The first-order valence-electron chi connectivity index (χ1n) is 5.66. The van der Waals surface area contributed by atoms with E-state index >= 15 is 0 Å². The molecule has 0 aliphatic heterocycles. The highest BCUT2D eigenvalue weighted by molar-refractivity contribution is 5.85. The second-order valence-electron chi connectivity index (χ2n) is 4.18. The van der Waals surface area contributed by atoms with Crippen LogP contribution < -0.4 is 5.32 Å². The van der Waals surface area contributed by atoms with Gasteiger partial charge in [-0.3, -0.25) is 5.32 Å². The number of hydrogen-bond donors (Lipinski definition) is 2. The van der Waals surface area contributed by atoms with Gasteiger partial charge in [-0.05, 0) is 32.9 Å². The minimum absolute atomic E-state index is 0.101. The Labute approximate surface area is 103 Å². The number of hydrogen-bond acceptors (Lipinski definition) is 3. The number of carbonyl (C=O) groups is 1. The van der Waals surface area contributed by atoms with Crippen molar-refractivity contribution >= 4 is 11.8 Å². The molecule has 0 atom stereocenters. The molecular weight excluding hydrogens is 218 g/mol. The average Bonchev–Trinajstić information content (AvgIpc) is 2.17. The standard InChI is InChI=1S/C11H15NO3.C2H6/c1-11(2,3)15-10(14)12-8-5-4-6-9(13)7-8;1-2/h4-7,13H,1-3H3,(H,12,14);1-2H3. The lowest BCUT2D eigenvalue weighted by Crippen LogP contribution is -2.27. The van der Waals surface area contributed by atoms with Crippen LogP contribution in [0.25, 0.3) is 0 Å². The summed E-state index contributed by atoms with van der Waals surface area (Å²) in [6.07, 6.45) is -0.534. The van der Waals surface area contributed by atoms with E-state index in [-0.39, 0.29) is 5.75 Å². The van der Waals surface area contributed by atoms with Crippen molar-refractivity contribution in [3.05, 3.63) is 24.3 Å². The molecule has 0 aromatic heterocycles. The third-order valence-corrected chi connectivity index (χ3v) is 1.49. The highest BCUT2D eigenvalue weighted by Gasteiger charge is 2.15. The van der Waals surface area contributed by atoms with Crippen molar-refractivity contribution in [2.75, 3.05) is 5.32 Å².